The average Bonchev–Trinajstić information content (AvgIpc) is 1.86. The van der Waals surface area contributed by atoms with E-state index >= 15 is 0 Å². The summed E-state index contributed by atoms with van der Waals surface area (Å²) in [6, 6.07) is -0.323. The van der Waals surface area contributed by atoms with Gasteiger partial charge in [0, 0.05) is 0 Å². The van der Waals surface area contributed by atoms with Crippen molar-refractivity contribution < 1.29 is 9.90 Å². The second-order valence-electron chi connectivity index (χ2n) is 2.86. The molecule has 1 unspecified atom stereocenters. The summed E-state index contributed by atoms with van der Waals surface area (Å²) in [6.07, 6.45) is 0.613. The van der Waals surface area contributed by atoms with Gasteiger partial charge in [-0.25, -0.2) is 0 Å². The fourth-order valence-electron chi connectivity index (χ4n) is 0.836. The van der Waals surface area contributed by atoms with Crippen LogP contribution in [0.2, 0.25) is 0 Å². The maximum absolute atomic E-state index is 10.5. The van der Waals surface area contributed by atoms with E-state index in [2.05, 4.69) is 5.32 Å². The molecule has 0 spiro atoms. The Morgan fingerprint density at radius 3 is 2.45 bits per heavy atom. The minimum absolute atomic E-state index is 0.184. The second kappa shape index (κ2) is 5.38. The van der Waals surface area contributed by atoms with E-state index in [-0.39, 0.29) is 6.00 Å². The normalized spacial score (nSPS) is 13.5. The van der Waals surface area contributed by atoms with Crippen LogP contribution in [0.1, 0.15) is 20.3 Å². The molecule has 0 fully saturated rings. The van der Waals surface area contributed by atoms with E-state index in [1.165, 1.54) is 0 Å². The molecule has 0 aromatic heterocycles. The largest absolute Gasteiger partial charge is 0.480 e. The summed E-state index contributed by atoms with van der Waals surface area (Å²) in [4.78, 5) is 10.5. The van der Waals surface area contributed by atoms with Crippen LogP contribution in [-0.4, -0.2) is 23.1 Å². The molecule has 0 amide bonds. The lowest BCUT2D eigenvalue weighted by atomic mass is 10.0. The van der Waals surface area contributed by atoms with Gasteiger partial charge in [0.2, 0.25) is 0 Å². The molecule has 0 aliphatic heterocycles. The number of carbonyl (C=O) groups is 1. The van der Waals surface area contributed by atoms with E-state index in [9.17, 15) is 4.79 Å². The highest BCUT2D eigenvalue weighted by molar-refractivity contribution is 6.17. The predicted molar refractivity (Wildman–Crippen MR) is 44.7 cm³/mol. The first kappa shape index (κ1) is 10.7. The zero-order chi connectivity index (χ0) is 8.85. The van der Waals surface area contributed by atoms with Gasteiger partial charge < -0.3 is 5.11 Å². The van der Waals surface area contributed by atoms with E-state index in [1.807, 2.05) is 13.8 Å². The summed E-state index contributed by atoms with van der Waals surface area (Å²) in [7, 11) is 0. The van der Waals surface area contributed by atoms with Crippen LogP contribution < -0.4 is 5.32 Å². The van der Waals surface area contributed by atoms with Gasteiger partial charge in [-0.05, 0) is 12.3 Å². The van der Waals surface area contributed by atoms with E-state index in [1.54, 1.807) is 0 Å². The average molecular weight is 180 g/mol. The van der Waals surface area contributed by atoms with E-state index < -0.39 is 12.0 Å². The first-order valence-corrected chi connectivity index (χ1v) is 4.13. The second-order valence-corrected chi connectivity index (χ2v) is 3.13. The van der Waals surface area contributed by atoms with Crippen molar-refractivity contribution in [2.45, 2.75) is 26.3 Å². The van der Waals surface area contributed by atoms with Crippen LogP contribution in [0.15, 0.2) is 0 Å². The van der Waals surface area contributed by atoms with Crippen molar-refractivity contribution in [3.63, 3.8) is 0 Å². The summed E-state index contributed by atoms with van der Waals surface area (Å²) < 4.78 is 0. The number of hydrogen-bond acceptors (Lipinski definition) is 2. The predicted octanol–water partition coefficient (Wildman–Crippen LogP) is 1.27. The molecule has 0 aliphatic carbocycles. The highest BCUT2D eigenvalue weighted by Gasteiger charge is 2.16. The number of hydrogen-bond donors (Lipinski definition) is 2. The first-order valence-electron chi connectivity index (χ1n) is 3.60. The zero-order valence-corrected chi connectivity index (χ0v) is 7.56. The van der Waals surface area contributed by atoms with Crippen molar-refractivity contribution in [3.8, 4) is 0 Å². The molecule has 0 aromatic rings. The van der Waals surface area contributed by atoms with Crippen molar-refractivity contribution in [3.05, 3.63) is 0 Å². The molecule has 0 aromatic carbocycles. The SMILES string of the molecule is CC(C)CC(NCCl)C(=O)O. The topological polar surface area (TPSA) is 49.3 Å². The highest BCUT2D eigenvalue weighted by atomic mass is 35.5. The van der Waals surface area contributed by atoms with Crippen LogP contribution in [0.5, 0.6) is 0 Å². The molecule has 1 atom stereocenters. The van der Waals surface area contributed by atoms with Gasteiger partial charge in [0.05, 0.1) is 6.00 Å². The summed E-state index contributed by atoms with van der Waals surface area (Å²) in [5, 5.41) is 11.3. The van der Waals surface area contributed by atoms with Crippen LogP contribution in [0.4, 0.5) is 0 Å². The summed E-state index contributed by atoms with van der Waals surface area (Å²) in [5.41, 5.74) is 0. The van der Waals surface area contributed by atoms with Crippen molar-refractivity contribution >= 4 is 17.6 Å². The maximum atomic E-state index is 10.5. The fourth-order valence-corrected chi connectivity index (χ4v) is 1.02. The molecule has 0 saturated carbocycles. The Morgan fingerprint density at radius 1 is 1.64 bits per heavy atom. The van der Waals surface area contributed by atoms with Gasteiger partial charge >= 0.3 is 5.97 Å². The Bertz CT molecular complexity index is 128. The lowest BCUT2D eigenvalue weighted by Gasteiger charge is -2.13. The molecule has 0 saturated heterocycles. The van der Waals surface area contributed by atoms with Crippen molar-refractivity contribution in [1.82, 2.24) is 5.32 Å². The van der Waals surface area contributed by atoms with Gasteiger partial charge in [0.1, 0.15) is 6.04 Å². The van der Waals surface area contributed by atoms with Gasteiger partial charge in [0.15, 0.2) is 0 Å². The molecule has 11 heavy (non-hydrogen) atoms. The third-order valence-corrected chi connectivity index (χ3v) is 1.48. The fraction of sp³-hybridized carbons (Fsp3) is 0.857. The molecule has 0 radical (unpaired) electrons. The molecular formula is C7H14ClNO2. The zero-order valence-electron chi connectivity index (χ0n) is 6.80. The summed E-state index contributed by atoms with van der Waals surface area (Å²) in [6.45, 7) is 3.96. The van der Waals surface area contributed by atoms with Crippen molar-refractivity contribution in [1.29, 1.82) is 0 Å². The van der Waals surface area contributed by atoms with Gasteiger partial charge in [-0.2, -0.15) is 0 Å². The first-order chi connectivity index (χ1) is 5.07. The summed E-state index contributed by atoms with van der Waals surface area (Å²) >= 11 is 5.35. The summed E-state index contributed by atoms with van der Waals surface area (Å²) in [5.74, 6) is -0.467. The third kappa shape index (κ3) is 5.04. The standard InChI is InChI=1S/C7H14ClNO2/c1-5(2)3-6(7(10)11)9-4-8/h5-6,9H,3-4H2,1-2H3,(H,10,11). The Hall–Kier alpha value is -0.280. The van der Waals surface area contributed by atoms with Crippen LogP contribution in [-0.2, 0) is 4.79 Å². The lowest BCUT2D eigenvalue weighted by Crippen LogP contribution is -2.36. The molecule has 3 nitrogen and oxygen atoms in total. The van der Waals surface area contributed by atoms with Gasteiger partial charge in [-0.3, -0.25) is 10.1 Å². The molecule has 0 rings (SSSR count). The molecule has 0 bridgehead atoms. The molecule has 4 heteroatoms. The van der Waals surface area contributed by atoms with Gasteiger partial charge in [0.25, 0.3) is 0 Å². The van der Waals surface area contributed by atoms with Crippen LogP contribution in [0.3, 0.4) is 0 Å². The van der Waals surface area contributed by atoms with Crippen molar-refractivity contribution in [2.24, 2.45) is 5.92 Å². The third-order valence-electron chi connectivity index (χ3n) is 1.33. The molecule has 2 N–H and O–H groups in total. The van der Waals surface area contributed by atoms with E-state index in [4.69, 9.17) is 16.7 Å². The van der Waals surface area contributed by atoms with Crippen molar-refractivity contribution in [2.75, 3.05) is 6.00 Å². The Balaban J connectivity index is 3.79. The monoisotopic (exact) mass is 179 g/mol. The molecule has 0 heterocycles. The minimum atomic E-state index is -0.834. The number of carboxylic acid groups (broad SMARTS) is 1. The van der Waals surface area contributed by atoms with E-state index in [0.29, 0.717) is 12.3 Å². The van der Waals surface area contributed by atoms with Gasteiger partial charge in [-0.15, -0.1) is 11.6 Å². The number of alkyl halides is 1. The highest BCUT2D eigenvalue weighted by Crippen LogP contribution is 2.04. The van der Waals surface area contributed by atoms with Crippen LogP contribution in [0.25, 0.3) is 0 Å². The Labute approximate surface area is 71.7 Å². The molecule has 66 valence electrons. The number of rotatable bonds is 5. The maximum Gasteiger partial charge on any atom is 0.320 e. The van der Waals surface area contributed by atoms with Gasteiger partial charge in [-0.1, -0.05) is 13.8 Å². The van der Waals surface area contributed by atoms with E-state index in [0.717, 1.165) is 0 Å². The minimum Gasteiger partial charge on any atom is -0.480 e. The number of nitrogens with one attached hydrogen (secondary N) is 1. The van der Waals surface area contributed by atoms with Crippen LogP contribution in [0, 0.1) is 5.92 Å². The smallest absolute Gasteiger partial charge is 0.320 e. The quantitative estimate of drug-likeness (QED) is 0.494. The van der Waals surface area contributed by atoms with Crippen LogP contribution >= 0.6 is 11.6 Å². The number of carboxylic acids is 1. The molecule has 0 aliphatic rings. The Morgan fingerprint density at radius 2 is 2.18 bits per heavy atom. The lowest BCUT2D eigenvalue weighted by molar-refractivity contribution is -0.139. The number of aliphatic carboxylic acids is 1. The number of halogens is 1. The Kier molecular flexibility index (Phi) is 5.24. The molecular weight excluding hydrogens is 166 g/mol.